The number of likely N-dealkylation sites (tertiary alicyclic amines) is 1. The Balaban J connectivity index is 1.79. The molecule has 15 heavy (non-hydrogen) atoms. The van der Waals surface area contributed by atoms with Gasteiger partial charge in [-0.2, -0.15) is 0 Å². The van der Waals surface area contributed by atoms with Crippen molar-refractivity contribution in [2.75, 3.05) is 19.6 Å². The molecule has 1 aromatic heterocycles. The maximum absolute atomic E-state index is 6.12. The second-order valence-corrected chi connectivity index (χ2v) is 4.22. The molecule has 1 aliphatic heterocycles. The lowest BCUT2D eigenvalue weighted by Gasteiger charge is -2.18. The second-order valence-electron chi connectivity index (χ2n) is 4.22. The third-order valence-corrected chi connectivity index (χ3v) is 3.09. The van der Waals surface area contributed by atoms with Crippen LogP contribution in [0.5, 0.6) is 0 Å². The van der Waals surface area contributed by atoms with Gasteiger partial charge in [0.2, 0.25) is 0 Å². The van der Waals surface area contributed by atoms with Crippen molar-refractivity contribution in [3.63, 3.8) is 0 Å². The van der Waals surface area contributed by atoms with E-state index in [0.717, 1.165) is 13.0 Å². The molecule has 0 radical (unpaired) electrons. The Labute approximate surface area is 91.3 Å². The molecule has 3 nitrogen and oxygen atoms in total. The van der Waals surface area contributed by atoms with E-state index in [1.54, 1.807) is 0 Å². The van der Waals surface area contributed by atoms with Crippen LogP contribution in [0.1, 0.15) is 30.9 Å². The smallest absolute Gasteiger partial charge is 0.0308 e. The van der Waals surface area contributed by atoms with Crippen LogP contribution in [0, 0.1) is 0 Å². The van der Waals surface area contributed by atoms with E-state index >= 15 is 0 Å². The summed E-state index contributed by atoms with van der Waals surface area (Å²) in [6.45, 7) is 3.63. The monoisotopic (exact) mass is 205 g/mol. The summed E-state index contributed by atoms with van der Waals surface area (Å²) in [4.78, 5) is 6.50. The van der Waals surface area contributed by atoms with Crippen LogP contribution in [-0.2, 0) is 0 Å². The Morgan fingerprint density at radius 1 is 1.27 bits per heavy atom. The highest BCUT2D eigenvalue weighted by molar-refractivity contribution is 5.14. The number of pyridine rings is 1. The number of aromatic nitrogens is 1. The zero-order valence-electron chi connectivity index (χ0n) is 9.10. The number of nitrogens with zero attached hydrogens (tertiary/aromatic N) is 2. The Morgan fingerprint density at radius 2 is 1.93 bits per heavy atom. The molecule has 0 saturated carbocycles. The van der Waals surface area contributed by atoms with Crippen molar-refractivity contribution < 1.29 is 0 Å². The van der Waals surface area contributed by atoms with Gasteiger partial charge in [0.25, 0.3) is 0 Å². The van der Waals surface area contributed by atoms with E-state index in [4.69, 9.17) is 5.73 Å². The fraction of sp³-hybridized carbons (Fsp3) is 0.583. The second kappa shape index (κ2) is 5.24. The fourth-order valence-electron chi connectivity index (χ4n) is 2.11. The molecule has 2 rings (SSSR count). The van der Waals surface area contributed by atoms with Crippen LogP contribution >= 0.6 is 0 Å². The lowest BCUT2D eigenvalue weighted by atomic mass is 10.1. The molecule has 2 N–H and O–H groups in total. The van der Waals surface area contributed by atoms with Crippen molar-refractivity contribution in [1.82, 2.24) is 9.88 Å². The van der Waals surface area contributed by atoms with Crippen LogP contribution in [0.15, 0.2) is 24.5 Å². The molecular formula is C12H19N3. The standard InChI is InChI=1S/C12H19N3/c13-12(11-3-6-14-7-4-11)5-10-15-8-1-2-9-15/h3-4,6-7,12H,1-2,5,8-10,13H2/t12-/m1/s1. The SMILES string of the molecule is N[C@H](CCN1CCCC1)c1ccncc1. The minimum Gasteiger partial charge on any atom is -0.324 e. The van der Waals surface area contributed by atoms with Gasteiger partial charge in [-0.05, 0) is 56.6 Å². The summed E-state index contributed by atoms with van der Waals surface area (Å²) in [5, 5.41) is 0. The molecule has 1 aliphatic rings. The first-order valence-corrected chi connectivity index (χ1v) is 5.74. The third-order valence-electron chi connectivity index (χ3n) is 3.09. The van der Waals surface area contributed by atoms with Gasteiger partial charge in [0.05, 0.1) is 0 Å². The van der Waals surface area contributed by atoms with Crippen LogP contribution in [0.3, 0.4) is 0 Å². The number of hydrogen-bond acceptors (Lipinski definition) is 3. The predicted molar refractivity (Wildman–Crippen MR) is 61.5 cm³/mol. The minimum atomic E-state index is 0.161. The van der Waals surface area contributed by atoms with Gasteiger partial charge in [0.15, 0.2) is 0 Å². The Morgan fingerprint density at radius 3 is 2.60 bits per heavy atom. The molecule has 0 aromatic carbocycles. The van der Waals surface area contributed by atoms with Crippen LogP contribution in [-0.4, -0.2) is 29.5 Å². The molecule has 3 heteroatoms. The molecule has 0 spiro atoms. The maximum atomic E-state index is 6.12. The van der Waals surface area contributed by atoms with Crippen molar-refractivity contribution in [3.8, 4) is 0 Å². The zero-order chi connectivity index (χ0) is 10.5. The van der Waals surface area contributed by atoms with Gasteiger partial charge in [0, 0.05) is 18.4 Å². The fourth-order valence-corrected chi connectivity index (χ4v) is 2.11. The van der Waals surface area contributed by atoms with Gasteiger partial charge in [-0.1, -0.05) is 0 Å². The Bertz CT molecular complexity index is 280. The third kappa shape index (κ3) is 3.01. The average Bonchev–Trinajstić information content (AvgIpc) is 2.80. The quantitative estimate of drug-likeness (QED) is 0.811. The van der Waals surface area contributed by atoms with Crippen molar-refractivity contribution in [3.05, 3.63) is 30.1 Å². The van der Waals surface area contributed by atoms with Crippen LogP contribution < -0.4 is 5.73 Å². The van der Waals surface area contributed by atoms with E-state index in [2.05, 4.69) is 9.88 Å². The van der Waals surface area contributed by atoms with Crippen molar-refractivity contribution in [1.29, 1.82) is 0 Å². The molecule has 0 aliphatic carbocycles. The Kier molecular flexibility index (Phi) is 3.69. The van der Waals surface area contributed by atoms with E-state index in [1.165, 1.54) is 31.5 Å². The summed E-state index contributed by atoms with van der Waals surface area (Å²) < 4.78 is 0. The van der Waals surface area contributed by atoms with Crippen LogP contribution in [0.2, 0.25) is 0 Å². The highest BCUT2D eigenvalue weighted by Gasteiger charge is 2.13. The minimum absolute atomic E-state index is 0.161. The largest absolute Gasteiger partial charge is 0.324 e. The molecular weight excluding hydrogens is 186 g/mol. The van der Waals surface area contributed by atoms with Crippen LogP contribution in [0.4, 0.5) is 0 Å². The first-order valence-electron chi connectivity index (χ1n) is 5.74. The van der Waals surface area contributed by atoms with Crippen molar-refractivity contribution in [2.45, 2.75) is 25.3 Å². The summed E-state index contributed by atoms with van der Waals surface area (Å²) in [5.41, 5.74) is 7.32. The van der Waals surface area contributed by atoms with Gasteiger partial charge in [0.1, 0.15) is 0 Å². The van der Waals surface area contributed by atoms with Gasteiger partial charge < -0.3 is 10.6 Å². The van der Waals surface area contributed by atoms with E-state index < -0.39 is 0 Å². The molecule has 0 unspecified atom stereocenters. The van der Waals surface area contributed by atoms with Crippen molar-refractivity contribution >= 4 is 0 Å². The van der Waals surface area contributed by atoms with E-state index in [0.29, 0.717) is 0 Å². The summed E-state index contributed by atoms with van der Waals surface area (Å²) in [6.07, 6.45) is 7.37. The van der Waals surface area contributed by atoms with E-state index in [-0.39, 0.29) is 6.04 Å². The number of hydrogen-bond donors (Lipinski definition) is 1. The highest BCUT2D eigenvalue weighted by atomic mass is 15.1. The molecule has 82 valence electrons. The summed E-state index contributed by atoms with van der Waals surface area (Å²) in [5.74, 6) is 0. The molecule has 1 aromatic rings. The topological polar surface area (TPSA) is 42.1 Å². The molecule has 1 atom stereocenters. The van der Waals surface area contributed by atoms with Crippen LogP contribution in [0.25, 0.3) is 0 Å². The van der Waals surface area contributed by atoms with Gasteiger partial charge in [-0.25, -0.2) is 0 Å². The summed E-state index contributed by atoms with van der Waals surface area (Å²) in [7, 11) is 0. The summed E-state index contributed by atoms with van der Waals surface area (Å²) >= 11 is 0. The predicted octanol–water partition coefficient (Wildman–Crippen LogP) is 1.57. The highest BCUT2D eigenvalue weighted by Crippen LogP contribution is 2.15. The lowest BCUT2D eigenvalue weighted by molar-refractivity contribution is 0.322. The number of nitrogens with two attached hydrogens (primary N) is 1. The Hall–Kier alpha value is -0.930. The molecule has 1 fully saturated rings. The first-order chi connectivity index (χ1) is 7.36. The molecule has 1 saturated heterocycles. The average molecular weight is 205 g/mol. The summed E-state index contributed by atoms with van der Waals surface area (Å²) in [6, 6.07) is 4.18. The number of rotatable bonds is 4. The molecule has 0 bridgehead atoms. The normalized spacial score (nSPS) is 19.3. The lowest BCUT2D eigenvalue weighted by Crippen LogP contribution is -2.24. The van der Waals surface area contributed by atoms with Gasteiger partial charge in [-0.15, -0.1) is 0 Å². The van der Waals surface area contributed by atoms with E-state index in [9.17, 15) is 0 Å². The maximum Gasteiger partial charge on any atom is 0.0308 e. The first kappa shape index (κ1) is 10.6. The van der Waals surface area contributed by atoms with E-state index in [1.807, 2.05) is 24.5 Å². The van der Waals surface area contributed by atoms with Gasteiger partial charge >= 0.3 is 0 Å². The molecule has 0 amide bonds. The molecule has 2 heterocycles. The van der Waals surface area contributed by atoms with Gasteiger partial charge in [-0.3, -0.25) is 4.98 Å². The van der Waals surface area contributed by atoms with Crippen molar-refractivity contribution in [2.24, 2.45) is 5.73 Å². The zero-order valence-corrected chi connectivity index (χ0v) is 9.10.